The van der Waals surface area contributed by atoms with Crippen molar-refractivity contribution in [1.82, 2.24) is 5.32 Å². The van der Waals surface area contributed by atoms with Gasteiger partial charge in [0.15, 0.2) is 0 Å². The lowest BCUT2D eigenvalue weighted by molar-refractivity contribution is -0.121. The smallest absolute Gasteiger partial charge is 0.257 e. The molecule has 0 aliphatic rings. The van der Waals surface area contributed by atoms with Crippen molar-refractivity contribution in [1.29, 1.82) is 0 Å². The van der Waals surface area contributed by atoms with Crippen LogP contribution in [0.15, 0.2) is 54.6 Å². The second-order valence-corrected chi connectivity index (χ2v) is 5.02. The molecule has 0 aliphatic heterocycles. The minimum atomic E-state index is -0.769. The van der Waals surface area contributed by atoms with Gasteiger partial charge in [0.05, 0.1) is 6.04 Å². The summed E-state index contributed by atoms with van der Waals surface area (Å²) < 4.78 is 0. The van der Waals surface area contributed by atoms with Gasteiger partial charge in [-0.1, -0.05) is 42.5 Å². The molecule has 0 aromatic heterocycles. The normalized spacial score (nSPS) is 11.2. The van der Waals surface area contributed by atoms with Crippen LogP contribution in [0.25, 0.3) is 0 Å². The Labute approximate surface area is 141 Å². The third-order valence-corrected chi connectivity index (χ3v) is 3.32. The molecule has 23 heavy (non-hydrogen) atoms. The summed E-state index contributed by atoms with van der Waals surface area (Å²) in [6.07, 6.45) is 0.381. The summed E-state index contributed by atoms with van der Waals surface area (Å²) in [7, 11) is 0. The molecule has 1 atom stereocenters. The molecule has 6 heteroatoms. The predicted octanol–water partition coefficient (Wildman–Crippen LogP) is 1.39. The van der Waals surface area contributed by atoms with E-state index in [-0.39, 0.29) is 12.4 Å². The Hall–Kier alpha value is -2.21. The second kappa shape index (κ2) is 9.05. The van der Waals surface area contributed by atoms with Crippen molar-refractivity contribution in [2.24, 2.45) is 11.5 Å². The first-order valence-electron chi connectivity index (χ1n) is 7.04. The SMILES string of the molecule is Cl.NCc1ccc(C(=O)NC(=O)[C@@H](N)Cc2ccccc2)cc1. The van der Waals surface area contributed by atoms with Crippen LogP contribution >= 0.6 is 12.4 Å². The van der Waals surface area contributed by atoms with Crippen LogP contribution < -0.4 is 16.8 Å². The topological polar surface area (TPSA) is 98.2 Å². The van der Waals surface area contributed by atoms with E-state index in [1.54, 1.807) is 24.3 Å². The number of hydrogen-bond acceptors (Lipinski definition) is 4. The van der Waals surface area contributed by atoms with Crippen molar-refractivity contribution in [2.45, 2.75) is 19.0 Å². The lowest BCUT2D eigenvalue weighted by Gasteiger charge is -2.11. The van der Waals surface area contributed by atoms with Gasteiger partial charge in [0.2, 0.25) is 5.91 Å². The maximum absolute atomic E-state index is 12.0. The van der Waals surface area contributed by atoms with Gasteiger partial charge in [0.25, 0.3) is 5.91 Å². The van der Waals surface area contributed by atoms with Crippen LogP contribution in [0.5, 0.6) is 0 Å². The van der Waals surface area contributed by atoms with Gasteiger partial charge in [0.1, 0.15) is 0 Å². The van der Waals surface area contributed by atoms with E-state index in [1.807, 2.05) is 30.3 Å². The molecule has 5 nitrogen and oxygen atoms in total. The molecule has 0 spiro atoms. The molecule has 0 bridgehead atoms. The average Bonchev–Trinajstić information content (AvgIpc) is 2.55. The minimum absolute atomic E-state index is 0. The molecular weight excluding hydrogens is 314 g/mol. The Bertz CT molecular complexity index is 645. The summed E-state index contributed by atoms with van der Waals surface area (Å²) >= 11 is 0. The maximum atomic E-state index is 12.0. The highest BCUT2D eigenvalue weighted by molar-refractivity contribution is 6.06. The molecule has 0 fully saturated rings. The van der Waals surface area contributed by atoms with Crippen LogP contribution in [0.4, 0.5) is 0 Å². The largest absolute Gasteiger partial charge is 0.326 e. The van der Waals surface area contributed by atoms with Gasteiger partial charge in [-0.15, -0.1) is 12.4 Å². The standard InChI is InChI=1S/C17H19N3O2.ClH/c18-11-13-6-8-14(9-7-13)16(21)20-17(22)15(19)10-12-4-2-1-3-5-12;/h1-9,15H,10-11,18-19H2,(H,20,21,22);1H/t15-;/m0./s1. The van der Waals surface area contributed by atoms with Gasteiger partial charge < -0.3 is 11.5 Å². The molecule has 0 aliphatic carbocycles. The van der Waals surface area contributed by atoms with Crippen LogP contribution in [-0.4, -0.2) is 17.9 Å². The molecule has 2 rings (SSSR count). The Balaban J connectivity index is 0.00000264. The number of imide groups is 1. The fraction of sp³-hybridized carbons (Fsp3) is 0.176. The monoisotopic (exact) mass is 333 g/mol. The molecule has 0 saturated heterocycles. The summed E-state index contributed by atoms with van der Waals surface area (Å²) in [5.41, 5.74) is 13.6. The van der Waals surface area contributed by atoms with Crippen LogP contribution in [0.2, 0.25) is 0 Å². The van der Waals surface area contributed by atoms with Gasteiger partial charge in [-0.2, -0.15) is 0 Å². The zero-order chi connectivity index (χ0) is 15.9. The van der Waals surface area contributed by atoms with E-state index in [0.717, 1.165) is 11.1 Å². The molecule has 2 aromatic rings. The van der Waals surface area contributed by atoms with Crippen LogP contribution in [-0.2, 0) is 17.8 Å². The van der Waals surface area contributed by atoms with Crippen molar-refractivity contribution in [3.05, 3.63) is 71.3 Å². The molecule has 5 N–H and O–H groups in total. The molecule has 122 valence electrons. The van der Waals surface area contributed by atoms with E-state index < -0.39 is 17.9 Å². The van der Waals surface area contributed by atoms with Crippen molar-refractivity contribution in [3.63, 3.8) is 0 Å². The molecule has 2 amide bonds. The predicted molar refractivity (Wildman–Crippen MR) is 92.2 cm³/mol. The fourth-order valence-electron chi connectivity index (χ4n) is 2.03. The maximum Gasteiger partial charge on any atom is 0.257 e. The quantitative estimate of drug-likeness (QED) is 0.770. The number of benzene rings is 2. The van der Waals surface area contributed by atoms with Crippen LogP contribution in [0.1, 0.15) is 21.5 Å². The summed E-state index contributed by atoms with van der Waals surface area (Å²) in [5.74, 6) is -0.950. The second-order valence-electron chi connectivity index (χ2n) is 5.02. The molecule has 0 saturated carbocycles. The van der Waals surface area contributed by atoms with E-state index >= 15 is 0 Å². The number of nitrogens with one attached hydrogen (secondary N) is 1. The summed E-state index contributed by atoms with van der Waals surface area (Å²) in [4.78, 5) is 24.0. The molecule has 0 heterocycles. The lowest BCUT2D eigenvalue weighted by atomic mass is 10.1. The Morgan fingerprint density at radius 2 is 1.57 bits per heavy atom. The number of amides is 2. The molecule has 2 aromatic carbocycles. The van der Waals surface area contributed by atoms with Crippen molar-refractivity contribution >= 4 is 24.2 Å². The first kappa shape index (κ1) is 18.8. The van der Waals surface area contributed by atoms with E-state index in [1.165, 1.54) is 0 Å². The molecular formula is C17H20ClN3O2. The highest BCUT2D eigenvalue weighted by Crippen LogP contribution is 2.05. The lowest BCUT2D eigenvalue weighted by Crippen LogP contribution is -2.44. The highest BCUT2D eigenvalue weighted by atomic mass is 35.5. The minimum Gasteiger partial charge on any atom is -0.326 e. The summed E-state index contributed by atoms with van der Waals surface area (Å²) in [5, 5.41) is 2.32. The van der Waals surface area contributed by atoms with Crippen molar-refractivity contribution < 1.29 is 9.59 Å². The van der Waals surface area contributed by atoms with Crippen molar-refractivity contribution in [2.75, 3.05) is 0 Å². The number of carbonyl (C=O) groups excluding carboxylic acids is 2. The zero-order valence-corrected chi connectivity index (χ0v) is 13.4. The Kier molecular flexibility index (Phi) is 7.41. The Morgan fingerprint density at radius 1 is 0.957 bits per heavy atom. The fourth-order valence-corrected chi connectivity index (χ4v) is 2.03. The number of hydrogen-bond donors (Lipinski definition) is 3. The summed E-state index contributed by atoms with van der Waals surface area (Å²) in [6, 6.07) is 15.4. The third kappa shape index (κ3) is 5.49. The Morgan fingerprint density at radius 3 is 2.13 bits per heavy atom. The number of nitrogens with two attached hydrogens (primary N) is 2. The van der Waals surface area contributed by atoms with E-state index in [9.17, 15) is 9.59 Å². The number of rotatable bonds is 5. The van der Waals surface area contributed by atoms with Crippen LogP contribution in [0, 0.1) is 0 Å². The third-order valence-electron chi connectivity index (χ3n) is 3.32. The van der Waals surface area contributed by atoms with Gasteiger partial charge in [0, 0.05) is 12.1 Å². The zero-order valence-electron chi connectivity index (χ0n) is 12.6. The van der Waals surface area contributed by atoms with Gasteiger partial charge >= 0.3 is 0 Å². The van der Waals surface area contributed by atoms with Gasteiger partial charge in [-0.3, -0.25) is 14.9 Å². The molecule has 0 radical (unpaired) electrons. The van der Waals surface area contributed by atoms with Crippen LogP contribution in [0.3, 0.4) is 0 Å². The van der Waals surface area contributed by atoms with E-state index in [2.05, 4.69) is 5.32 Å². The van der Waals surface area contributed by atoms with E-state index in [4.69, 9.17) is 11.5 Å². The van der Waals surface area contributed by atoms with Gasteiger partial charge in [-0.05, 0) is 29.7 Å². The number of carbonyl (C=O) groups is 2. The van der Waals surface area contributed by atoms with Gasteiger partial charge in [-0.25, -0.2) is 0 Å². The first-order chi connectivity index (χ1) is 10.6. The highest BCUT2D eigenvalue weighted by Gasteiger charge is 2.17. The average molecular weight is 334 g/mol. The number of halogens is 1. The van der Waals surface area contributed by atoms with E-state index in [0.29, 0.717) is 18.5 Å². The summed E-state index contributed by atoms with van der Waals surface area (Å²) in [6.45, 7) is 0.406. The van der Waals surface area contributed by atoms with Crippen molar-refractivity contribution in [3.8, 4) is 0 Å². The first-order valence-corrected chi connectivity index (χ1v) is 7.04. The molecule has 0 unspecified atom stereocenters.